The van der Waals surface area contributed by atoms with E-state index < -0.39 is 32.8 Å². The zero-order chi connectivity index (χ0) is 33.7. The summed E-state index contributed by atoms with van der Waals surface area (Å²) >= 11 is -2.81. The first kappa shape index (κ1) is 39.6. The molecule has 254 valence electrons. The molecule has 0 unspecified atom stereocenters. The standard InChI is InChI=1S/C26H38NO4Si.3C4H9.Sn/c1-20(2)26(4,5)32(6,7)31-17-11-12-21(3)15-16-24(28)27-23(19-30-25(27)29)18-22-13-9-8-10-14-22;3*1-3-4-2;/h8-17,20-21,23H,18-19H2,1-7H3;3*1,3-4H2,2H3;/b16-15+,17-11-;;;;/t21-,23-;;;;/m0..../s1. The average Bonchev–Trinajstić information content (AvgIpc) is 3.37. The van der Waals surface area contributed by atoms with Gasteiger partial charge in [0.05, 0.1) is 0 Å². The third-order valence-corrected chi connectivity index (χ3v) is 33.1. The fourth-order valence-corrected chi connectivity index (χ4v) is 27.8. The van der Waals surface area contributed by atoms with Crippen LogP contribution in [0.15, 0.2) is 54.8 Å². The second-order valence-corrected chi connectivity index (χ2v) is 33.4. The number of rotatable bonds is 20. The Labute approximate surface area is 281 Å². The van der Waals surface area contributed by atoms with Gasteiger partial charge in [-0.25, -0.2) is 0 Å². The SMILES string of the molecule is CCC[CH2][Sn]([CH2]CCC)([CH2]CCC)[C@H](/C=C\O[Si](C)(C)C(C)(C)C(C)C)[C@H](C)/C=C/C(=O)N1C(=O)OC[C@@H]1Cc1ccccc1. The van der Waals surface area contributed by atoms with Gasteiger partial charge in [0.15, 0.2) is 0 Å². The number of hydrogen-bond acceptors (Lipinski definition) is 4. The molecule has 1 aliphatic heterocycles. The van der Waals surface area contributed by atoms with Gasteiger partial charge in [-0.2, -0.15) is 0 Å². The normalized spacial score (nSPS) is 17.8. The molecule has 1 aliphatic rings. The van der Waals surface area contributed by atoms with Gasteiger partial charge in [0.1, 0.15) is 0 Å². The Morgan fingerprint density at radius 3 is 2.07 bits per heavy atom. The van der Waals surface area contributed by atoms with Crippen molar-refractivity contribution in [1.82, 2.24) is 4.90 Å². The molecule has 0 aliphatic carbocycles. The molecule has 1 saturated heterocycles. The van der Waals surface area contributed by atoms with E-state index in [1.807, 2.05) is 30.3 Å². The maximum absolute atomic E-state index is 13.6. The maximum atomic E-state index is 13.6. The summed E-state index contributed by atoms with van der Waals surface area (Å²) in [6, 6.07) is 9.72. The molecule has 0 spiro atoms. The van der Waals surface area contributed by atoms with Gasteiger partial charge in [-0.3, -0.25) is 0 Å². The first-order valence-electron chi connectivity index (χ1n) is 17.8. The number of cyclic esters (lactones) is 1. The van der Waals surface area contributed by atoms with Crippen molar-refractivity contribution in [1.29, 1.82) is 0 Å². The quantitative estimate of drug-likeness (QED) is 0.0757. The van der Waals surface area contributed by atoms with Crippen LogP contribution in [-0.4, -0.2) is 56.2 Å². The zero-order valence-corrected chi connectivity index (χ0v) is 34.2. The van der Waals surface area contributed by atoms with Crippen LogP contribution in [0.25, 0.3) is 0 Å². The molecule has 2 rings (SSSR count). The average molecular weight is 747 g/mol. The topological polar surface area (TPSA) is 55.8 Å². The first-order valence-corrected chi connectivity index (χ1v) is 28.4. The van der Waals surface area contributed by atoms with Crippen molar-refractivity contribution in [3.63, 3.8) is 0 Å². The molecule has 0 bridgehead atoms. The fourth-order valence-electron chi connectivity index (χ4n) is 6.74. The third kappa shape index (κ3) is 11.0. The van der Waals surface area contributed by atoms with E-state index in [0.717, 1.165) is 5.56 Å². The number of amides is 2. The number of carbonyl (C=O) groups excluding carboxylic acids is 2. The van der Waals surface area contributed by atoms with Crippen molar-refractivity contribution < 1.29 is 18.8 Å². The van der Waals surface area contributed by atoms with Crippen molar-refractivity contribution in [2.45, 2.75) is 142 Å². The number of unbranched alkanes of at least 4 members (excludes halogenated alkanes) is 3. The van der Waals surface area contributed by atoms with Crippen LogP contribution in [-0.2, 0) is 20.4 Å². The summed E-state index contributed by atoms with van der Waals surface area (Å²) in [5, 5.41) is 0.137. The zero-order valence-electron chi connectivity index (χ0n) is 30.4. The summed E-state index contributed by atoms with van der Waals surface area (Å²) in [6.45, 7) is 23.5. The molecule has 5 nitrogen and oxygen atoms in total. The van der Waals surface area contributed by atoms with E-state index in [-0.39, 0.29) is 29.5 Å². The van der Waals surface area contributed by atoms with Gasteiger partial charge in [-0.05, 0) is 0 Å². The second-order valence-electron chi connectivity index (χ2n) is 14.9. The van der Waals surface area contributed by atoms with Crippen LogP contribution in [0.2, 0.25) is 35.4 Å². The summed E-state index contributed by atoms with van der Waals surface area (Å²) in [5.74, 6) is 0.452. The van der Waals surface area contributed by atoms with Crippen LogP contribution < -0.4 is 0 Å². The number of imide groups is 1. The molecule has 7 heteroatoms. The number of ether oxygens (including phenoxy) is 1. The van der Waals surface area contributed by atoms with Gasteiger partial charge in [0, 0.05) is 0 Å². The summed E-state index contributed by atoms with van der Waals surface area (Å²) in [4.78, 5) is 27.6. The van der Waals surface area contributed by atoms with E-state index in [9.17, 15) is 9.59 Å². The molecule has 0 radical (unpaired) electrons. The van der Waals surface area contributed by atoms with Crippen molar-refractivity contribution in [2.24, 2.45) is 11.8 Å². The van der Waals surface area contributed by atoms with Crippen LogP contribution in [0.3, 0.4) is 0 Å². The summed E-state index contributed by atoms with van der Waals surface area (Å²) in [7, 11) is -2.03. The van der Waals surface area contributed by atoms with E-state index >= 15 is 0 Å². The molecular formula is C38H65NO4SiSn. The van der Waals surface area contributed by atoms with Crippen molar-refractivity contribution in [3.8, 4) is 0 Å². The van der Waals surface area contributed by atoms with Crippen LogP contribution in [0.5, 0.6) is 0 Å². The molecule has 45 heavy (non-hydrogen) atoms. The molecule has 1 fully saturated rings. The van der Waals surface area contributed by atoms with Crippen molar-refractivity contribution in [3.05, 3.63) is 60.4 Å². The van der Waals surface area contributed by atoms with Gasteiger partial charge in [-0.15, -0.1) is 0 Å². The van der Waals surface area contributed by atoms with Gasteiger partial charge < -0.3 is 0 Å². The van der Waals surface area contributed by atoms with Gasteiger partial charge in [0.25, 0.3) is 0 Å². The summed E-state index contributed by atoms with van der Waals surface area (Å²) in [6.07, 6.45) is 15.8. The van der Waals surface area contributed by atoms with Crippen LogP contribution in [0.1, 0.15) is 99.5 Å². The Hall–Kier alpha value is -1.54. The molecule has 0 saturated carbocycles. The van der Waals surface area contributed by atoms with Gasteiger partial charge in [0.2, 0.25) is 0 Å². The number of carbonyl (C=O) groups is 2. The third-order valence-electron chi connectivity index (χ3n) is 11.1. The molecule has 3 atom stereocenters. The predicted molar refractivity (Wildman–Crippen MR) is 196 cm³/mol. The minimum absolute atomic E-state index is 0.137. The van der Waals surface area contributed by atoms with Gasteiger partial charge in [-0.1, -0.05) is 0 Å². The number of hydrogen-bond donors (Lipinski definition) is 0. The predicted octanol–water partition coefficient (Wildman–Crippen LogP) is 11.2. The molecule has 1 heterocycles. The van der Waals surface area contributed by atoms with E-state index in [1.165, 1.54) is 56.7 Å². The van der Waals surface area contributed by atoms with Crippen LogP contribution >= 0.6 is 0 Å². The van der Waals surface area contributed by atoms with E-state index in [2.05, 4.69) is 86.9 Å². The first-order chi connectivity index (χ1) is 21.3. The van der Waals surface area contributed by atoms with Gasteiger partial charge >= 0.3 is 283 Å². The Morgan fingerprint density at radius 1 is 1.00 bits per heavy atom. The molecule has 2 amide bonds. The van der Waals surface area contributed by atoms with E-state index in [0.29, 0.717) is 16.3 Å². The van der Waals surface area contributed by atoms with Crippen LogP contribution in [0.4, 0.5) is 4.79 Å². The summed E-state index contributed by atoms with van der Waals surface area (Å²) in [5.41, 5.74) is 1.09. The monoisotopic (exact) mass is 747 g/mol. The number of nitrogens with zero attached hydrogens (tertiary/aromatic N) is 1. The fraction of sp³-hybridized carbons (Fsp3) is 0.684. The number of allylic oxidation sites excluding steroid dienone is 2. The molecule has 0 aromatic heterocycles. The molecule has 1 aromatic rings. The van der Waals surface area contributed by atoms with E-state index in [4.69, 9.17) is 9.16 Å². The Bertz CT molecular complexity index is 1080. The van der Waals surface area contributed by atoms with Crippen LogP contribution in [0, 0.1) is 11.8 Å². The molecule has 0 N–H and O–H groups in total. The Kier molecular flexibility index (Phi) is 16.5. The number of benzene rings is 1. The second kappa shape index (κ2) is 18.7. The summed E-state index contributed by atoms with van der Waals surface area (Å²) < 4.78 is 16.7. The van der Waals surface area contributed by atoms with Crippen molar-refractivity contribution >= 4 is 38.7 Å². The van der Waals surface area contributed by atoms with Crippen molar-refractivity contribution in [2.75, 3.05) is 6.61 Å². The minimum atomic E-state index is -2.81. The molecule has 1 aromatic carbocycles. The Balaban J connectivity index is 2.44. The molecular weight excluding hydrogens is 681 g/mol. The Morgan fingerprint density at radius 2 is 1.56 bits per heavy atom. The van der Waals surface area contributed by atoms with E-state index in [1.54, 1.807) is 6.08 Å².